The third-order valence-corrected chi connectivity index (χ3v) is 8.57. The highest BCUT2D eigenvalue weighted by Crippen LogP contribution is 2.58. The van der Waals surface area contributed by atoms with Gasteiger partial charge < -0.3 is 4.74 Å². The summed E-state index contributed by atoms with van der Waals surface area (Å²) < 4.78 is 52.0. The van der Waals surface area contributed by atoms with Crippen molar-refractivity contribution in [3.8, 4) is 11.8 Å². The summed E-state index contributed by atoms with van der Waals surface area (Å²) >= 11 is 12.3. The highest BCUT2D eigenvalue weighted by atomic mass is 35.5. The molecule has 0 bridgehead atoms. The Labute approximate surface area is 247 Å². The molecule has 2 fully saturated rings. The maximum absolute atomic E-state index is 15.9. The van der Waals surface area contributed by atoms with Gasteiger partial charge in [0.2, 0.25) is 5.91 Å². The highest BCUT2D eigenvalue weighted by molar-refractivity contribution is 6.31. The molecule has 0 radical (unpaired) electrons. The molecule has 2 aliphatic heterocycles. The van der Waals surface area contributed by atoms with Crippen molar-refractivity contribution in [1.82, 2.24) is 4.90 Å². The number of carbonyl (C=O) groups excluding carboxylic acids is 1. The maximum atomic E-state index is 15.9. The third kappa shape index (κ3) is 4.74. The Hall–Kier alpha value is -3.25. The van der Waals surface area contributed by atoms with Gasteiger partial charge in [0.25, 0.3) is 0 Å². The zero-order valence-electron chi connectivity index (χ0n) is 22.9. The molecule has 41 heavy (non-hydrogen) atoms. The van der Waals surface area contributed by atoms with Gasteiger partial charge in [-0.05, 0) is 47.7 Å². The average Bonchev–Trinajstić information content (AvgIpc) is 3.36. The van der Waals surface area contributed by atoms with Crippen LogP contribution < -0.4 is 9.64 Å². The first-order valence-electron chi connectivity index (χ1n) is 13.1. The fourth-order valence-electron chi connectivity index (χ4n) is 6.41. The van der Waals surface area contributed by atoms with Crippen molar-refractivity contribution in [1.29, 1.82) is 5.26 Å². The Morgan fingerprint density at radius 2 is 1.80 bits per heavy atom. The number of anilines is 1. The number of methoxy groups -OCH3 is 1. The topological polar surface area (TPSA) is 56.6 Å². The summed E-state index contributed by atoms with van der Waals surface area (Å²) in [7, 11) is 1.41. The van der Waals surface area contributed by atoms with Gasteiger partial charge in [-0.15, -0.1) is 0 Å². The largest absolute Gasteiger partial charge is 0.497 e. The quantitative estimate of drug-likeness (QED) is 0.304. The normalized spacial score (nSPS) is 24.4. The fraction of sp³-hybridized carbons (Fsp3) is 0.355. The van der Waals surface area contributed by atoms with Gasteiger partial charge in [0.05, 0.1) is 30.6 Å². The van der Waals surface area contributed by atoms with Crippen LogP contribution in [0.25, 0.3) is 0 Å². The lowest BCUT2D eigenvalue weighted by Crippen LogP contribution is -2.48. The van der Waals surface area contributed by atoms with Crippen LogP contribution in [0.15, 0.2) is 54.6 Å². The van der Waals surface area contributed by atoms with Gasteiger partial charge >= 0.3 is 0 Å². The van der Waals surface area contributed by atoms with Crippen LogP contribution in [0.5, 0.6) is 5.75 Å². The summed E-state index contributed by atoms with van der Waals surface area (Å²) in [4.78, 5) is 17.3. The number of carbonyl (C=O) groups is 1. The molecular formula is C31H28Cl2F3N3O2. The van der Waals surface area contributed by atoms with Crippen molar-refractivity contribution in [2.75, 3.05) is 18.7 Å². The zero-order chi connectivity index (χ0) is 29.9. The lowest BCUT2D eigenvalue weighted by atomic mass is 9.62. The van der Waals surface area contributed by atoms with Crippen molar-refractivity contribution < 1.29 is 22.7 Å². The van der Waals surface area contributed by atoms with E-state index in [2.05, 4.69) is 6.07 Å². The number of nitrogens with zero attached hydrogens (tertiary/aromatic N) is 3. The van der Waals surface area contributed by atoms with E-state index in [9.17, 15) is 10.1 Å². The Morgan fingerprint density at radius 1 is 1.07 bits per heavy atom. The van der Waals surface area contributed by atoms with Crippen LogP contribution in [-0.2, 0) is 10.2 Å². The molecule has 2 saturated heterocycles. The molecule has 0 saturated carbocycles. The third-order valence-electron chi connectivity index (χ3n) is 8.04. The summed E-state index contributed by atoms with van der Waals surface area (Å²) in [6, 6.07) is 13.0. The van der Waals surface area contributed by atoms with Gasteiger partial charge in [-0.25, -0.2) is 13.2 Å². The molecule has 1 amide bonds. The minimum atomic E-state index is -1.72. The van der Waals surface area contributed by atoms with E-state index in [1.54, 1.807) is 11.0 Å². The van der Waals surface area contributed by atoms with Crippen molar-refractivity contribution in [3.05, 3.63) is 93.2 Å². The number of halogens is 5. The summed E-state index contributed by atoms with van der Waals surface area (Å²) in [5.74, 6) is -3.66. The van der Waals surface area contributed by atoms with Crippen LogP contribution >= 0.6 is 23.2 Å². The molecule has 5 rings (SSSR count). The summed E-state index contributed by atoms with van der Waals surface area (Å²) in [6.07, 6.45) is 0.337. The first-order valence-corrected chi connectivity index (χ1v) is 13.8. The van der Waals surface area contributed by atoms with E-state index < -0.39 is 52.2 Å². The van der Waals surface area contributed by atoms with E-state index in [1.807, 2.05) is 20.8 Å². The second kappa shape index (κ2) is 10.5. The molecule has 5 nitrogen and oxygen atoms in total. The Balaban J connectivity index is 1.79. The molecule has 4 atom stereocenters. The number of hydrogen-bond acceptors (Lipinski definition) is 4. The second-order valence-corrected chi connectivity index (χ2v) is 12.5. The molecular weight excluding hydrogens is 574 g/mol. The standard InChI is InChI=1S/C31H28Cl2F3N3O2/c1-30(2,3)14-25-31(15-37,20-10-8-17(32)12-22(20)34)26(19-6-5-7-21(33)27(19)36)28-29(40)38(16-39(25)28)24-11-9-18(41-4)13-23(24)35/h5-13,25-26,28H,14,16H2,1-4H3/t25-,26-,28+,31-/m0/s1. The smallest absolute Gasteiger partial charge is 0.246 e. The van der Waals surface area contributed by atoms with E-state index in [4.69, 9.17) is 27.9 Å². The molecule has 214 valence electrons. The van der Waals surface area contributed by atoms with Crippen LogP contribution in [0, 0.1) is 34.2 Å². The van der Waals surface area contributed by atoms with E-state index >= 15 is 13.2 Å². The number of rotatable bonds is 5. The lowest BCUT2D eigenvalue weighted by Gasteiger charge is -2.40. The molecule has 0 spiro atoms. The molecule has 2 heterocycles. The SMILES string of the molecule is COc1ccc(N2CN3[C@@H](CC(C)(C)C)[C@](C#N)(c4ccc(Cl)cc4F)[C@@H](c4cccc(Cl)c4F)[C@@H]3C2=O)c(F)c1. The fourth-order valence-corrected chi connectivity index (χ4v) is 6.75. The van der Waals surface area contributed by atoms with Gasteiger partial charge in [0.1, 0.15) is 28.8 Å². The molecule has 3 aromatic rings. The first kappa shape index (κ1) is 29.2. The monoisotopic (exact) mass is 601 g/mol. The van der Waals surface area contributed by atoms with Crippen LogP contribution in [-0.4, -0.2) is 36.7 Å². The van der Waals surface area contributed by atoms with E-state index in [1.165, 1.54) is 54.5 Å². The summed E-state index contributed by atoms with van der Waals surface area (Å²) in [6.45, 7) is 5.81. The Bertz CT molecular complexity index is 1570. The van der Waals surface area contributed by atoms with Gasteiger partial charge in [-0.2, -0.15) is 5.26 Å². The van der Waals surface area contributed by atoms with Gasteiger partial charge in [0.15, 0.2) is 5.82 Å². The van der Waals surface area contributed by atoms with Crippen LogP contribution in [0.2, 0.25) is 10.0 Å². The van der Waals surface area contributed by atoms with Crippen LogP contribution in [0.4, 0.5) is 18.9 Å². The minimum Gasteiger partial charge on any atom is -0.497 e. The molecule has 3 aromatic carbocycles. The number of amides is 1. The maximum Gasteiger partial charge on any atom is 0.246 e. The second-order valence-electron chi connectivity index (χ2n) is 11.7. The van der Waals surface area contributed by atoms with Crippen LogP contribution in [0.1, 0.15) is 44.2 Å². The van der Waals surface area contributed by atoms with E-state index in [0.29, 0.717) is 6.42 Å². The molecule has 2 aliphatic rings. The van der Waals surface area contributed by atoms with Crippen molar-refractivity contribution in [2.24, 2.45) is 5.41 Å². The molecule has 0 unspecified atom stereocenters. The first-order chi connectivity index (χ1) is 19.3. The molecule has 0 aromatic heterocycles. The van der Waals surface area contributed by atoms with Crippen molar-refractivity contribution >= 4 is 34.8 Å². The van der Waals surface area contributed by atoms with Crippen molar-refractivity contribution in [2.45, 2.75) is 50.6 Å². The average molecular weight is 602 g/mol. The van der Waals surface area contributed by atoms with Gasteiger partial charge in [-0.3, -0.25) is 14.6 Å². The van der Waals surface area contributed by atoms with Crippen molar-refractivity contribution in [3.63, 3.8) is 0 Å². The summed E-state index contributed by atoms with van der Waals surface area (Å²) in [5, 5.41) is 11.0. The predicted octanol–water partition coefficient (Wildman–Crippen LogP) is 7.46. The number of fused-ring (bicyclic) bond motifs is 1. The van der Waals surface area contributed by atoms with Gasteiger partial charge in [0, 0.05) is 28.6 Å². The number of benzene rings is 3. The number of nitriles is 1. The highest BCUT2D eigenvalue weighted by Gasteiger charge is 2.67. The lowest BCUT2D eigenvalue weighted by molar-refractivity contribution is -0.119. The minimum absolute atomic E-state index is 0.00483. The van der Waals surface area contributed by atoms with E-state index in [-0.39, 0.29) is 39.3 Å². The summed E-state index contributed by atoms with van der Waals surface area (Å²) in [5.41, 5.74) is -2.09. The molecule has 10 heteroatoms. The molecule has 0 aliphatic carbocycles. The Kier molecular flexibility index (Phi) is 7.52. The Morgan fingerprint density at radius 3 is 2.41 bits per heavy atom. The van der Waals surface area contributed by atoms with E-state index in [0.717, 1.165) is 6.07 Å². The van der Waals surface area contributed by atoms with Gasteiger partial charge in [-0.1, -0.05) is 62.2 Å². The predicted molar refractivity (Wildman–Crippen MR) is 152 cm³/mol. The number of hydrogen-bond donors (Lipinski definition) is 0. The zero-order valence-corrected chi connectivity index (χ0v) is 24.4. The molecule has 0 N–H and O–H groups in total. The van der Waals surface area contributed by atoms with Crippen LogP contribution in [0.3, 0.4) is 0 Å². The number of ether oxygens (including phenoxy) is 1.